The molecule has 0 fully saturated rings. The van der Waals surface area contributed by atoms with Crippen LogP contribution in [0.5, 0.6) is 0 Å². The van der Waals surface area contributed by atoms with Gasteiger partial charge in [0.1, 0.15) is 5.52 Å². The molecule has 19 heavy (non-hydrogen) atoms. The van der Waals surface area contributed by atoms with E-state index in [4.69, 9.17) is 4.42 Å². The zero-order chi connectivity index (χ0) is 13.9. The van der Waals surface area contributed by atoms with Crippen LogP contribution in [0.25, 0.3) is 11.1 Å². The summed E-state index contributed by atoms with van der Waals surface area (Å²) in [5, 5.41) is 5.66. The van der Waals surface area contributed by atoms with Crippen LogP contribution < -0.4 is 10.6 Å². The predicted molar refractivity (Wildman–Crippen MR) is 73.7 cm³/mol. The fraction of sp³-hybridized carbons (Fsp3) is 0.429. The standard InChI is InChI=1S/C14H19N3O2/c1-14(2,3)8-16-13(18)15-7-10-4-5-11-12(6-10)19-9-17-11/h4-6,9H,7-8H2,1-3H3,(H2,15,16,18). The van der Waals surface area contributed by atoms with Gasteiger partial charge in [0.05, 0.1) is 0 Å². The Bertz CT molecular complexity index is 569. The number of urea groups is 1. The molecule has 0 spiro atoms. The molecule has 0 unspecified atom stereocenters. The third-order valence-corrected chi connectivity index (χ3v) is 2.63. The molecule has 0 atom stereocenters. The summed E-state index contributed by atoms with van der Waals surface area (Å²) in [4.78, 5) is 15.7. The van der Waals surface area contributed by atoms with Crippen LogP contribution in [-0.4, -0.2) is 17.6 Å². The lowest BCUT2D eigenvalue weighted by atomic mass is 9.97. The highest BCUT2D eigenvalue weighted by molar-refractivity contribution is 5.75. The van der Waals surface area contributed by atoms with Gasteiger partial charge in [-0.1, -0.05) is 26.8 Å². The summed E-state index contributed by atoms with van der Waals surface area (Å²) >= 11 is 0. The van der Waals surface area contributed by atoms with E-state index in [1.165, 1.54) is 6.39 Å². The Morgan fingerprint density at radius 3 is 2.84 bits per heavy atom. The smallest absolute Gasteiger partial charge is 0.315 e. The Balaban J connectivity index is 1.86. The van der Waals surface area contributed by atoms with Crippen LogP contribution in [-0.2, 0) is 6.54 Å². The van der Waals surface area contributed by atoms with E-state index in [-0.39, 0.29) is 11.4 Å². The first-order chi connectivity index (χ1) is 8.94. The largest absolute Gasteiger partial charge is 0.443 e. The van der Waals surface area contributed by atoms with Gasteiger partial charge in [-0.2, -0.15) is 0 Å². The molecule has 0 saturated carbocycles. The van der Waals surface area contributed by atoms with E-state index >= 15 is 0 Å². The molecule has 0 aliphatic heterocycles. The number of hydrogen-bond donors (Lipinski definition) is 2. The summed E-state index contributed by atoms with van der Waals surface area (Å²) in [6.07, 6.45) is 1.41. The van der Waals surface area contributed by atoms with Gasteiger partial charge in [-0.25, -0.2) is 9.78 Å². The maximum Gasteiger partial charge on any atom is 0.315 e. The lowest BCUT2D eigenvalue weighted by Crippen LogP contribution is -2.39. The third kappa shape index (κ3) is 3.98. The second kappa shape index (κ2) is 5.30. The molecule has 0 radical (unpaired) electrons. The average molecular weight is 261 g/mol. The summed E-state index contributed by atoms with van der Waals surface area (Å²) in [6, 6.07) is 5.53. The van der Waals surface area contributed by atoms with Crippen LogP contribution in [0.3, 0.4) is 0 Å². The molecule has 1 aromatic carbocycles. The lowest BCUT2D eigenvalue weighted by molar-refractivity contribution is 0.235. The minimum Gasteiger partial charge on any atom is -0.443 e. The molecule has 2 rings (SSSR count). The highest BCUT2D eigenvalue weighted by Gasteiger charge is 2.11. The van der Waals surface area contributed by atoms with Crippen LogP contribution >= 0.6 is 0 Å². The molecule has 1 aromatic heterocycles. The summed E-state index contributed by atoms with van der Waals surface area (Å²) in [7, 11) is 0. The van der Waals surface area contributed by atoms with Gasteiger partial charge >= 0.3 is 6.03 Å². The third-order valence-electron chi connectivity index (χ3n) is 2.63. The van der Waals surface area contributed by atoms with Crippen LogP contribution in [0, 0.1) is 5.41 Å². The zero-order valence-corrected chi connectivity index (χ0v) is 11.5. The highest BCUT2D eigenvalue weighted by atomic mass is 16.3. The molecular formula is C14H19N3O2. The molecule has 2 amide bonds. The quantitative estimate of drug-likeness (QED) is 0.892. The summed E-state index contributed by atoms with van der Waals surface area (Å²) in [5.41, 5.74) is 2.61. The minimum atomic E-state index is -0.160. The number of rotatable bonds is 3. The maximum atomic E-state index is 11.6. The second-order valence-corrected chi connectivity index (χ2v) is 5.75. The van der Waals surface area contributed by atoms with Crippen LogP contribution in [0.4, 0.5) is 4.79 Å². The Morgan fingerprint density at radius 1 is 1.32 bits per heavy atom. The van der Waals surface area contributed by atoms with Crippen molar-refractivity contribution in [2.45, 2.75) is 27.3 Å². The summed E-state index contributed by atoms with van der Waals surface area (Å²) in [5.74, 6) is 0. The van der Waals surface area contributed by atoms with Gasteiger partial charge in [-0.15, -0.1) is 0 Å². The molecule has 0 aliphatic carbocycles. The number of amides is 2. The van der Waals surface area contributed by atoms with Gasteiger partial charge < -0.3 is 15.1 Å². The first-order valence-corrected chi connectivity index (χ1v) is 6.28. The molecule has 0 aliphatic rings. The van der Waals surface area contributed by atoms with Gasteiger partial charge in [0.2, 0.25) is 0 Å². The van der Waals surface area contributed by atoms with Crippen molar-refractivity contribution in [2.75, 3.05) is 6.54 Å². The number of aromatic nitrogens is 1. The van der Waals surface area contributed by atoms with E-state index in [1.807, 2.05) is 18.2 Å². The molecule has 102 valence electrons. The SMILES string of the molecule is CC(C)(C)CNC(=O)NCc1ccc2ncoc2c1. The van der Waals surface area contributed by atoms with E-state index in [1.54, 1.807) is 0 Å². The fourth-order valence-corrected chi connectivity index (χ4v) is 1.60. The maximum absolute atomic E-state index is 11.6. The Labute approximate surface area is 112 Å². The Kier molecular flexibility index (Phi) is 3.74. The monoisotopic (exact) mass is 261 g/mol. The molecular weight excluding hydrogens is 242 g/mol. The van der Waals surface area contributed by atoms with E-state index in [0.29, 0.717) is 13.1 Å². The topological polar surface area (TPSA) is 67.2 Å². The van der Waals surface area contributed by atoms with Crippen molar-refractivity contribution in [3.63, 3.8) is 0 Å². The van der Waals surface area contributed by atoms with Crippen molar-refractivity contribution in [3.05, 3.63) is 30.2 Å². The number of carbonyl (C=O) groups excluding carboxylic acids is 1. The van der Waals surface area contributed by atoms with E-state index in [2.05, 4.69) is 36.4 Å². The van der Waals surface area contributed by atoms with Gasteiger partial charge in [0.15, 0.2) is 12.0 Å². The normalized spacial score (nSPS) is 11.5. The second-order valence-electron chi connectivity index (χ2n) is 5.75. The number of nitrogens with one attached hydrogen (secondary N) is 2. The molecule has 5 heteroatoms. The average Bonchev–Trinajstić information content (AvgIpc) is 2.80. The summed E-state index contributed by atoms with van der Waals surface area (Å²) in [6.45, 7) is 7.33. The van der Waals surface area contributed by atoms with E-state index < -0.39 is 0 Å². The lowest BCUT2D eigenvalue weighted by Gasteiger charge is -2.18. The van der Waals surface area contributed by atoms with Crippen molar-refractivity contribution in [2.24, 2.45) is 5.41 Å². The van der Waals surface area contributed by atoms with Crippen LogP contribution in [0.1, 0.15) is 26.3 Å². The Morgan fingerprint density at radius 2 is 2.11 bits per heavy atom. The van der Waals surface area contributed by atoms with Crippen molar-refractivity contribution < 1.29 is 9.21 Å². The van der Waals surface area contributed by atoms with E-state index in [9.17, 15) is 4.79 Å². The number of hydrogen-bond acceptors (Lipinski definition) is 3. The van der Waals surface area contributed by atoms with Crippen molar-refractivity contribution in [1.29, 1.82) is 0 Å². The molecule has 0 saturated heterocycles. The number of fused-ring (bicyclic) bond motifs is 1. The number of nitrogens with zero attached hydrogens (tertiary/aromatic N) is 1. The van der Waals surface area contributed by atoms with E-state index in [0.717, 1.165) is 16.7 Å². The Hall–Kier alpha value is -2.04. The molecule has 2 aromatic rings. The van der Waals surface area contributed by atoms with Gasteiger partial charge in [-0.3, -0.25) is 0 Å². The van der Waals surface area contributed by atoms with Gasteiger partial charge in [0, 0.05) is 13.1 Å². The fourth-order valence-electron chi connectivity index (χ4n) is 1.60. The minimum absolute atomic E-state index is 0.0795. The van der Waals surface area contributed by atoms with Crippen molar-refractivity contribution >= 4 is 17.1 Å². The molecule has 2 N–H and O–H groups in total. The highest BCUT2D eigenvalue weighted by Crippen LogP contribution is 2.14. The van der Waals surface area contributed by atoms with Crippen molar-refractivity contribution in [1.82, 2.24) is 15.6 Å². The first-order valence-electron chi connectivity index (χ1n) is 6.28. The van der Waals surface area contributed by atoms with Crippen LogP contribution in [0.2, 0.25) is 0 Å². The van der Waals surface area contributed by atoms with Gasteiger partial charge in [0.25, 0.3) is 0 Å². The number of benzene rings is 1. The molecule has 5 nitrogen and oxygen atoms in total. The molecule has 1 heterocycles. The zero-order valence-electron chi connectivity index (χ0n) is 11.5. The molecule has 0 bridgehead atoms. The predicted octanol–water partition coefficient (Wildman–Crippen LogP) is 2.67. The van der Waals surface area contributed by atoms with Crippen molar-refractivity contribution in [3.8, 4) is 0 Å². The van der Waals surface area contributed by atoms with Crippen LogP contribution in [0.15, 0.2) is 29.0 Å². The number of carbonyl (C=O) groups is 1. The number of oxazole rings is 1. The summed E-state index contributed by atoms with van der Waals surface area (Å²) < 4.78 is 5.22. The van der Waals surface area contributed by atoms with Gasteiger partial charge in [-0.05, 0) is 23.1 Å². The first kappa shape index (κ1) is 13.4.